The second kappa shape index (κ2) is 3.54. The molecule has 4 heteroatoms. The van der Waals surface area contributed by atoms with Gasteiger partial charge in [-0.3, -0.25) is 0 Å². The highest BCUT2D eigenvalue weighted by Crippen LogP contribution is 2.13. The molecule has 0 spiro atoms. The van der Waals surface area contributed by atoms with Crippen molar-refractivity contribution in [3.8, 4) is 0 Å². The second-order valence-corrected chi connectivity index (χ2v) is 2.71. The monoisotopic (exact) mass is 185 g/mol. The third-order valence-electron chi connectivity index (χ3n) is 1.56. The van der Waals surface area contributed by atoms with E-state index in [0.717, 1.165) is 0 Å². The van der Waals surface area contributed by atoms with E-state index in [2.05, 4.69) is 4.98 Å². The van der Waals surface area contributed by atoms with Crippen LogP contribution in [0.15, 0.2) is 12.3 Å². The van der Waals surface area contributed by atoms with Crippen LogP contribution in [0.1, 0.15) is 22.8 Å². The number of hydrogen-bond acceptors (Lipinski definition) is 2. The Balaban J connectivity index is 3.21. The summed E-state index contributed by atoms with van der Waals surface area (Å²) in [5, 5.41) is 8.95. The van der Waals surface area contributed by atoms with Crippen LogP contribution < -0.4 is 0 Å². The van der Waals surface area contributed by atoms with E-state index in [1.54, 1.807) is 0 Å². The molecule has 0 aliphatic carbocycles. The molecule has 3 nitrogen and oxygen atoms in total. The van der Waals surface area contributed by atoms with Gasteiger partial charge in [-0.1, -0.05) is 18.5 Å². The van der Waals surface area contributed by atoms with E-state index in [9.17, 15) is 4.79 Å². The maximum atomic E-state index is 10.6. The number of halogens is 1. The van der Waals surface area contributed by atoms with E-state index >= 15 is 0 Å². The first-order valence-corrected chi connectivity index (χ1v) is 3.90. The molecule has 0 aliphatic heterocycles. The molecule has 0 saturated carbocycles. The minimum atomic E-state index is -0.962. The van der Waals surface area contributed by atoms with Gasteiger partial charge in [0.15, 0.2) is 0 Å². The Morgan fingerprint density at radius 1 is 1.75 bits per heavy atom. The fourth-order valence-corrected chi connectivity index (χ4v) is 1.10. The fraction of sp³-hybridized carbons (Fsp3) is 0.250. The van der Waals surface area contributed by atoms with Gasteiger partial charge in [0.1, 0.15) is 5.15 Å². The number of aromatic nitrogens is 1. The smallest absolute Gasteiger partial charge is 0.336 e. The Bertz CT molecular complexity index is 312. The molecule has 12 heavy (non-hydrogen) atoms. The third kappa shape index (κ3) is 1.74. The van der Waals surface area contributed by atoms with Gasteiger partial charge in [-0.15, -0.1) is 0 Å². The molecule has 0 fully saturated rings. The number of carboxylic acids is 1. The summed E-state index contributed by atoms with van der Waals surface area (Å²) in [6.45, 7) is 1.87. The fourth-order valence-electron chi connectivity index (χ4n) is 0.939. The molecule has 0 amide bonds. The lowest BCUT2D eigenvalue weighted by molar-refractivity contribution is 0.0695. The predicted molar refractivity (Wildman–Crippen MR) is 45.6 cm³/mol. The van der Waals surface area contributed by atoms with E-state index in [1.165, 1.54) is 12.3 Å². The molecule has 0 radical (unpaired) electrons. The number of nitrogens with zero attached hydrogens (tertiary/aromatic N) is 1. The van der Waals surface area contributed by atoms with E-state index in [-0.39, 0.29) is 10.7 Å². The van der Waals surface area contributed by atoms with Gasteiger partial charge in [0.2, 0.25) is 0 Å². The van der Waals surface area contributed by atoms with Crippen LogP contribution in [0.25, 0.3) is 0 Å². The Labute approximate surface area is 75.0 Å². The number of rotatable bonds is 2. The van der Waals surface area contributed by atoms with Gasteiger partial charge in [-0.25, -0.2) is 9.78 Å². The Kier molecular flexibility index (Phi) is 2.65. The van der Waals surface area contributed by atoms with Crippen molar-refractivity contribution in [1.29, 1.82) is 0 Å². The summed E-state index contributed by atoms with van der Waals surface area (Å²) in [6, 6.07) is 1.36. The highest BCUT2D eigenvalue weighted by molar-refractivity contribution is 6.29. The highest BCUT2D eigenvalue weighted by Gasteiger charge is 2.09. The number of aryl methyl sites for hydroxylation is 1. The van der Waals surface area contributed by atoms with Crippen molar-refractivity contribution in [2.75, 3.05) is 0 Å². The lowest BCUT2D eigenvalue weighted by Gasteiger charge is -2.01. The topological polar surface area (TPSA) is 50.2 Å². The summed E-state index contributed by atoms with van der Waals surface area (Å²) in [5.74, 6) is -0.962. The zero-order valence-electron chi connectivity index (χ0n) is 6.54. The number of hydrogen-bond donors (Lipinski definition) is 1. The van der Waals surface area contributed by atoms with Gasteiger partial charge in [0.25, 0.3) is 0 Å². The van der Waals surface area contributed by atoms with Crippen molar-refractivity contribution >= 4 is 17.6 Å². The van der Waals surface area contributed by atoms with E-state index in [0.29, 0.717) is 12.0 Å². The first-order valence-electron chi connectivity index (χ1n) is 3.53. The van der Waals surface area contributed by atoms with Gasteiger partial charge in [0.05, 0.1) is 5.56 Å². The first-order chi connectivity index (χ1) is 5.65. The maximum absolute atomic E-state index is 10.6. The summed E-state index contributed by atoms with van der Waals surface area (Å²) in [6.07, 6.45) is 2.14. The van der Waals surface area contributed by atoms with Crippen LogP contribution in [0, 0.1) is 0 Å². The molecule has 0 bridgehead atoms. The van der Waals surface area contributed by atoms with Crippen molar-refractivity contribution in [2.24, 2.45) is 0 Å². The number of pyridine rings is 1. The van der Waals surface area contributed by atoms with Crippen LogP contribution in [0.5, 0.6) is 0 Å². The van der Waals surface area contributed by atoms with Crippen LogP contribution in [-0.2, 0) is 6.42 Å². The SMILES string of the molecule is CCc1cnc(Cl)cc1C(=O)O. The molecular formula is C8H8ClNO2. The predicted octanol–water partition coefficient (Wildman–Crippen LogP) is 2.00. The summed E-state index contributed by atoms with van der Waals surface area (Å²) >= 11 is 5.54. The van der Waals surface area contributed by atoms with Gasteiger partial charge < -0.3 is 5.11 Å². The van der Waals surface area contributed by atoms with Crippen molar-refractivity contribution < 1.29 is 9.90 Å². The van der Waals surface area contributed by atoms with Crippen LogP contribution in [0.3, 0.4) is 0 Å². The second-order valence-electron chi connectivity index (χ2n) is 2.32. The summed E-state index contributed by atoms with van der Waals surface area (Å²) in [4.78, 5) is 14.4. The van der Waals surface area contributed by atoms with E-state index in [1.807, 2.05) is 6.92 Å². The molecule has 1 heterocycles. The van der Waals surface area contributed by atoms with E-state index in [4.69, 9.17) is 16.7 Å². The van der Waals surface area contributed by atoms with Crippen LogP contribution in [0.2, 0.25) is 5.15 Å². The van der Waals surface area contributed by atoms with Crippen molar-refractivity contribution in [3.05, 3.63) is 28.5 Å². The van der Waals surface area contributed by atoms with Crippen LogP contribution >= 0.6 is 11.6 Å². The van der Waals surface area contributed by atoms with Gasteiger partial charge in [0, 0.05) is 6.20 Å². The van der Waals surface area contributed by atoms with E-state index < -0.39 is 5.97 Å². The van der Waals surface area contributed by atoms with Crippen LogP contribution in [-0.4, -0.2) is 16.1 Å². The minimum Gasteiger partial charge on any atom is -0.478 e. The molecule has 0 aliphatic rings. The van der Waals surface area contributed by atoms with Crippen LogP contribution in [0.4, 0.5) is 0 Å². The standard InChI is InChI=1S/C8H8ClNO2/c1-2-5-4-10-7(9)3-6(5)8(11)12/h3-4H,2H2,1H3,(H,11,12). The average Bonchev–Trinajstić information content (AvgIpc) is 2.04. The molecule has 1 rings (SSSR count). The number of aromatic carboxylic acids is 1. The lowest BCUT2D eigenvalue weighted by Crippen LogP contribution is -2.02. The Morgan fingerprint density at radius 3 is 2.92 bits per heavy atom. The van der Waals surface area contributed by atoms with Crippen molar-refractivity contribution in [3.63, 3.8) is 0 Å². The molecule has 0 atom stereocenters. The number of carbonyl (C=O) groups is 1. The number of carboxylic acid groups (broad SMARTS) is 1. The molecule has 0 unspecified atom stereocenters. The molecule has 64 valence electrons. The molecule has 1 aromatic rings. The average molecular weight is 186 g/mol. The molecular weight excluding hydrogens is 178 g/mol. The summed E-state index contributed by atoms with van der Waals surface area (Å²) in [7, 11) is 0. The van der Waals surface area contributed by atoms with Crippen molar-refractivity contribution in [1.82, 2.24) is 4.98 Å². The zero-order valence-corrected chi connectivity index (χ0v) is 7.30. The third-order valence-corrected chi connectivity index (χ3v) is 1.77. The largest absolute Gasteiger partial charge is 0.478 e. The zero-order chi connectivity index (χ0) is 9.14. The molecule has 1 N–H and O–H groups in total. The Hall–Kier alpha value is -1.09. The minimum absolute atomic E-state index is 0.213. The molecule has 0 saturated heterocycles. The summed E-state index contributed by atoms with van der Waals surface area (Å²) in [5.41, 5.74) is 0.935. The van der Waals surface area contributed by atoms with Gasteiger partial charge in [-0.05, 0) is 18.1 Å². The normalized spacial score (nSPS) is 9.83. The van der Waals surface area contributed by atoms with Gasteiger partial charge >= 0.3 is 5.97 Å². The van der Waals surface area contributed by atoms with Gasteiger partial charge in [-0.2, -0.15) is 0 Å². The Morgan fingerprint density at radius 2 is 2.42 bits per heavy atom. The molecule has 1 aromatic heterocycles. The quantitative estimate of drug-likeness (QED) is 0.717. The van der Waals surface area contributed by atoms with Crippen molar-refractivity contribution in [2.45, 2.75) is 13.3 Å². The molecule has 0 aromatic carbocycles. The lowest BCUT2D eigenvalue weighted by atomic mass is 10.1. The first kappa shape index (κ1) is 9.00. The maximum Gasteiger partial charge on any atom is 0.336 e. The summed E-state index contributed by atoms with van der Waals surface area (Å²) < 4.78 is 0. The highest BCUT2D eigenvalue weighted by atomic mass is 35.5.